The summed E-state index contributed by atoms with van der Waals surface area (Å²) in [6.07, 6.45) is 3.32. The van der Waals surface area contributed by atoms with Crippen molar-refractivity contribution >= 4 is 12.0 Å². The smallest absolute Gasteiger partial charge is 0.241 e. The van der Waals surface area contributed by atoms with Crippen LogP contribution in [0.15, 0.2) is 30.3 Å². The van der Waals surface area contributed by atoms with Gasteiger partial charge in [0.2, 0.25) is 5.91 Å². The summed E-state index contributed by atoms with van der Waals surface area (Å²) in [6, 6.07) is 7.78. The van der Waals surface area contributed by atoms with Crippen molar-refractivity contribution in [2.24, 2.45) is 5.73 Å². The van der Waals surface area contributed by atoms with Gasteiger partial charge in [0.25, 0.3) is 0 Å². The fraction of sp³-hybridized carbons (Fsp3) is 0.308. The molecule has 4 nitrogen and oxygen atoms in total. The monoisotopic (exact) mass is 233 g/mol. The molecular formula is C13H15NO3. The molecule has 4 heteroatoms. The zero-order chi connectivity index (χ0) is 12.1. The third-order valence-corrected chi connectivity index (χ3v) is 2.37. The third-order valence-electron chi connectivity index (χ3n) is 2.37. The van der Waals surface area contributed by atoms with E-state index in [2.05, 4.69) is 0 Å². The number of rotatable bonds is 6. The molecule has 0 radical (unpaired) electrons. The molecular weight excluding hydrogens is 218 g/mol. The predicted molar refractivity (Wildman–Crippen MR) is 64.1 cm³/mol. The van der Waals surface area contributed by atoms with Crippen molar-refractivity contribution in [2.45, 2.75) is 12.7 Å². The molecule has 1 aliphatic heterocycles. The Kier molecular flexibility index (Phi) is 3.90. The first kappa shape index (κ1) is 11.8. The van der Waals surface area contributed by atoms with Gasteiger partial charge in [0, 0.05) is 6.08 Å². The van der Waals surface area contributed by atoms with E-state index in [0.717, 1.165) is 17.7 Å². The highest BCUT2D eigenvalue weighted by atomic mass is 16.6. The van der Waals surface area contributed by atoms with E-state index in [0.29, 0.717) is 13.2 Å². The highest BCUT2D eigenvalue weighted by Crippen LogP contribution is 2.12. The van der Waals surface area contributed by atoms with Gasteiger partial charge in [-0.15, -0.1) is 0 Å². The Morgan fingerprint density at radius 2 is 2.41 bits per heavy atom. The SMILES string of the molecule is NC(=O)/C=C/c1cccc(COCC2CO2)c1. The number of ether oxygens (including phenoxy) is 2. The molecule has 17 heavy (non-hydrogen) atoms. The molecule has 1 aromatic carbocycles. The summed E-state index contributed by atoms with van der Waals surface area (Å²) in [5.41, 5.74) is 7.04. The topological polar surface area (TPSA) is 64.9 Å². The predicted octanol–water partition coefficient (Wildman–Crippen LogP) is 1.10. The maximum atomic E-state index is 10.6. The summed E-state index contributed by atoms with van der Waals surface area (Å²) in [5, 5.41) is 0. The standard InChI is InChI=1S/C13H15NO3/c14-13(15)5-4-10-2-1-3-11(6-10)7-16-8-12-9-17-12/h1-6,12H,7-9H2,(H2,14,15)/b5-4+. The Hall–Kier alpha value is -1.65. The Morgan fingerprint density at radius 1 is 1.59 bits per heavy atom. The molecule has 90 valence electrons. The molecule has 1 saturated heterocycles. The average Bonchev–Trinajstić information content (AvgIpc) is 3.11. The van der Waals surface area contributed by atoms with Crippen molar-refractivity contribution in [1.82, 2.24) is 0 Å². The van der Waals surface area contributed by atoms with Crippen molar-refractivity contribution in [3.8, 4) is 0 Å². The zero-order valence-electron chi connectivity index (χ0n) is 9.46. The summed E-state index contributed by atoms with van der Waals surface area (Å²) < 4.78 is 10.5. The van der Waals surface area contributed by atoms with Crippen molar-refractivity contribution in [1.29, 1.82) is 0 Å². The van der Waals surface area contributed by atoms with Crippen molar-refractivity contribution < 1.29 is 14.3 Å². The fourth-order valence-electron chi connectivity index (χ4n) is 1.44. The molecule has 1 heterocycles. The Bertz CT molecular complexity index is 424. The minimum Gasteiger partial charge on any atom is -0.374 e. The minimum absolute atomic E-state index is 0.285. The third kappa shape index (κ3) is 4.38. The first-order valence-electron chi connectivity index (χ1n) is 5.50. The van der Waals surface area contributed by atoms with Crippen molar-refractivity contribution in [2.75, 3.05) is 13.2 Å². The summed E-state index contributed by atoms with van der Waals surface area (Å²) in [4.78, 5) is 10.6. The summed E-state index contributed by atoms with van der Waals surface area (Å²) in [7, 11) is 0. The van der Waals surface area contributed by atoms with Crippen LogP contribution in [0.1, 0.15) is 11.1 Å². The van der Waals surface area contributed by atoms with Crippen LogP contribution in [0.25, 0.3) is 6.08 Å². The van der Waals surface area contributed by atoms with Crippen LogP contribution >= 0.6 is 0 Å². The first-order valence-corrected chi connectivity index (χ1v) is 5.50. The second kappa shape index (κ2) is 5.61. The molecule has 0 spiro atoms. The van der Waals surface area contributed by atoms with Crippen LogP contribution < -0.4 is 5.73 Å². The molecule has 1 amide bonds. The Balaban J connectivity index is 1.88. The molecule has 0 saturated carbocycles. The molecule has 0 bridgehead atoms. The summed E-state index contributed by atoms with van der Waals surface area (Å²) in [6.45, 7) is 2.00. The van der Waals surface area contributed by atoms with Crippen LogP contribution in [0, 0.1) is 0 Å². The lowest BCUT2D eigenvalue weighted by atomic mass is 10.1. The van der Waals surface area contributed by atoms with Gasteiger partial charge >= 0.3 is 0 Å². The maximum Gasteiger partial charge on any atom is 0.241 e. The fourth-order valence-corrected chi connectivity index (χ4v) is 1.44. The maximum absolute atomic E-state index is 10.6. The van der Waals surface area contributed by atoms with E-state index in [4.69, 9.17) is 15.2 Å². The zero-order valence-corrected chi connectivity index (χ0v) is 9.46. The number of carbonyl (C=O) groups excluding carboxylic acids is 1. The molecule has 1 unspecified atom stereocenters. The minimum atomic E-state index is -0.447. The summed E-state index contributed by atoms with van der Waals surface area (Å²) >= 11 is 0. The van der Waals surface area contributed by atoms with Crippen molar-refractivity contribution in [3.05, 3.63) is 41.5 Å². The molecule has 1 fully saturated rings. The number of epoxide rings is 1. The van der Waals surface area contributed by atoms with Crippen LogP contribution in [-0.2, 0) is 20.9 Å². The van der Waals surface area contributed by atoms with Gasteiger partial charge in [0.1, 0.15) is 6.10 Å². The van der Waals surface area contributed by atoms with E-state index < -0.39 is 5.91 Å². The Morgan fingerprint density at radius 3 is 3.12 bits per heavy atom. The molecule has 2 rings (SSSR count). The summed E-state index contributed by atoms with van der Waals surface area (Å²) in [5.74, 6) is -0.447. The normalized spacial score (nSPS) is 18.5. The molecule has 2 N–H and O–H groups in total. The van der Waals surface area contributed by atoms with Crippen LogP contribution in [0.2, 0.25) is 0 Å². The quantitative estimate of drug-likeness (QED) is 0.591. The van der Waals surface area contributed by atoms with Gasteiger partial charge in [0.15, 0.2) is 0 Å². The van der Waals surface area contributed by atoms with E-state index >= 15 is 0 Å². The van der Waals surface area contributed by atoms with E-state index in [1.807, 2.05) is 24.3 Å². The van der Waals surface area contributed by atoms with E-state index in [1.54, 1.807) is 6.08 Å². The second-order valence-corrected chi connectivity index (χ2v) is 3.95. The number of nitrogens with two attached hydrogens (primary N) is 1. The van der Waals surface area contributed by atoms with Gasteiger partial charge in [-0.1, -0.05) is 18.2 Å². The van der Waals surface area contributed by atoms with Gasteiger partial charge < -0.3 is 15.2 Å². The lowest BCUT2D eigenvalue weighted by Gasteiger charge is -2.03. The van der Waals surface area contributed by atoms with E-state index in [9.17, 15) is 4.79 Å². The number of benzene rings is 1. The average molecular weight is 233 g/mol. The second-order valence-electron chi connectivity index (χ2n) is 3.95. The lowest BCUT2D eigenvalue weighted by Crippen LogP contribution is -2.05. The van der Waals surface area contributed by atoms with Crippen LogP contribution in [0.3, 0.4) is 0 Å². The van der Waals surface area contributed by atoms with E-state index in [1.165, 1.54) is 6.08 Å². The van der Waals surface area contributed by atoms with Crippen LogP contribution in [0.5, 0.6) is 0 Å². The number of hydrogen-bond donors (Lipinski definition) is 1. The number of hydrogen-bond acceptors (Lipinski definition) is 3. The Labute approximate surface area is 100 Å². The van der Waals surface area contributed by atoms with Crippen LogP contribution in [-0.4, -0.2) is 25.2 Å². The van der Waals surface area contributed by atoms with Crippen LogP contribution in [0.4, 0.5) is 0 Å². The number of primary amides is 1. The number of carbonyl (C=O) groups is 1. The lowest BCUT2D eigenvalue weighted by molar-refractivity contribution is -0.113. The highest BCUT2D eigenvalue weighted by Gasteiger charge is 2.22. The highest BCUT2D eigenvalue weighted by molar-refractivity contribution is 5.90. The molecule has 0 aliphatic carbocycles. The molecule has 1 atom stereocenters. The van der Waals surface area contributed by atoms with Gasteiger partial charge in [-0.05, 0) is 23.3 Å². The molecule has 1 aliphatic rings. The van der Waals surface area contributed by atoms with E-state index in [-0.39, 0.29) is 6.10 Å². The molecule has 0 aromatic heterocycles. The van der Waals surface area contributed by atoms with Gasteiger partial charge in [0.05, 0.1) is 19.8 Å². The van der Waals surface area contributed by atoms with Gasteiger partial charge in [-0.3, -0.25) is 4.79 Å². The number of amides is 1. The first-order chi connectivity index (χ1) is 8.24. The van der Waals surface area contributed by atoms with Gasteiger partial charge in [-0.2, -0.15) is 0 Å². The molecule has 1 aromatic rings. The largest absolute Gasteiger partial charge is 0.374 e. The van der Waals surface area contributed by atoms with Crippen molar-refractivity contribution in [3.63, 3.8) is 0 Å². The van der Waals surface area contributed by atoms with Gasteiger partial charge in [-0.25, -0.2) is 0 Å².